The molecular weight excluding hydrogens is 626 g/mol. The quantitative estimate of drug-likeness (QED) is 0.247. The molecule has 0 radical (unpaired) electrons. The first kappa shape index (κ1) is 34.2. The average molecular weight is 659 g/mol. The van der Waals surface area contributed by atoms with Gasteiger partial charge in [-0.3, -0.25) is 13.9 Å². The smallest absolute Gasteiger partial charge is 0.352 e. The Balaban J connectivity index is 2.12. The molecule has 3 aromatic rings. The van der Waals surface area contributed by atoms with Gasteiger partial charge in [0, 0.05) is 24.0 Å². The van der Waals surface area contributed by atoms with Crippen LogP contribution in [0.15, 0.2) is 72.8 Å². The first-order chi connectivity index (χ1) is 20.1. The summed E-state index contributed by atoms with van der Waals surface area (Å²) >= 11 is 12.4. The monoisotopic (exact) mass is 657 g/mol. The Kier molecular flexibility index (Phi) is 11.5. The first-order valence-electron chi connectivity index (χ1n) is 13.3. The van der Waals surface area contributed by atoms with Crippen LogP contribution in [0.5, 0.6) is 0 Å². The predicted molar refractivity (Wildman–Crippen MR) is 162 cm³/mol. The Hall–Kier alpha value is -3.28. The predicted octanol–water partition coefficient (Wildman–Crippen LogP) is 6.33. The zero-order chi connectivity index (χ0) is 31.9. The van der Waals surface area contributed by atoms with E-state index in [0.717, 1.165) is 17.9 Å². The number of halogens is 5. The molecule has 13 heteroatoms. The summed E-state index contributed by atoms with van der Waals surface area (Å²) in [5, 5.41) is 2.97. The number of carbonyl (C=O) groups excluding carboxylic acids is 2. The maximum absolute atomic E-state index is 14.1. The Morgan fingerprint density at radius 3 is 2.19 bits per heavy atom. The molecule has 0 saturated carbocycles. The third-order valence-corrected chi connectivity index (χ3v) is 8.42. The van der Waals surface area contributed by atoms with Gasteiger partial charge in [-0.15, -0.1) is 0 Å². The molecule has 0 fully saturated rings. The van der Waals surface area contributed by atoms with Crippen LogP contribution in [0.2, 0.25) is 10.0 Å². The van der Waals surface area contributed by atoms with Crippen molar-refractivity contribution < 1.29 is 31.2 Å². The van der Waals surface area contributed by atoms with Gasteiger partial charge in [0.05, 0.1) is 22.5 Å². The molecule has 0 saturated heterocycles. The van der Waals surface area contributed by atoms with Crippen LogP contribution in [0, 0.1) is 0 Å². The number of hydrogen-bond acceptors (Lipinski definition) is 4. The fraction of sp³-hybridized carbons (Fsp3) is 0.333. The number of nitrogens with zero attached hydrogens (tertiary/aromatic N) is 2. The highest BCUT2D eigenvalue weighted by Crippen LogP contribution is 2.36. The second kappa shape index (κ2) is 14.5. The van der Waals surface area contributed by atoms with Crippen molar-refractivity contribution in [1.82, 2.24) is 10.2 Å². The molecule has 2 atom stereocenters. The summed E-state index contributed by atoms with van der Waals surface area (Å²) in [5.41, 5.74) is -0.368. The SMILES string of the molecule is CC[C@@H](C)NC(=O)[C@@H](Cc1ccccc1)N(Cc1cccc(Cl)c1)C(=O)CN(c1cc(C(F)(F)F)ccc1Cl)S(C)(=O)=O. The van der Waals surface area contributed by atoms with Gasteiger partial charge in [0.25, 0.3) is 0 Å². The second-order valence-corrected chi connectivity index (χ2v) is 12.9. The van der Waals surface area contributed by atoms with Crippen LogP contribution in [-0.2, 0) is 38.8 Å². The van der Waals surface area contributed by atoms with Crippen molar-refractivity contribution in [2.75, 3.05) is 17.1 Å². The van der Waals surface area contributed by atoms with Crippen molar-refractivity contribution >= 4 is 50.7 Å². The molecular formula is C30H32Cl2F3N3O4S. The highest BCUT2D eigenvalue weighted by molar-refractivity contribution is 7.92. The number of nitrogens with one attached hydrogen (secondary N) is 1. The maximum Gasteiger partial charge on any atom is 0.416 e. The van der Waals surface area contributed by atoms with E-state index in [1.54, 1.807) is 54.6 Å². The lowest BCUT2D eigenvalue weighted by atomic mass is 10.0. The molecule has 0 aliphatic carbocycles. The highest BCUT2D eigenvalue weighted by atomic mass is 35.5. The Labute approximate surface area is 259 Å². The number of alkyl halides is 3. The summed E-state index contributed by atoms with van der Waals surface area (Å²) in [4.78, 5) is 29.0. The largest absolute Gasteiger partial charge is 0.416 e. The van der Waals surface area contributed by atoms with Crippen molar-refractivity contribution in [1.29, 1.82) is 0 Å². The van der Waals surface area contributed by atoms with E-state index in [-0.39, 0.29) is 24.0 Å². The fourth-order valence-corrected chi connectivity index (χ4v) is 5.64. The lowest BCUT2D eigenvalue weighted by Crippen LogP contribution is -2.54. The van der Waals surface area contributed by atoms with Crippen molar-refractivity contribution in [3.63, 3.8) is 0 Å². The maximum atomic E-state index is 14.1. The molecule has 0 aliphatic rings. The van der Waals surface area contributed by atoms with E-state index in [9.17, 15) is 31.2 Å². The average Bonchev–Trinajstić information content (AvgIpc) is 2.93. The summed E-state index contributed by atoms with van der Waals surface area (Å²) in [6, 6.07) is 16.4. The molecule has 0 heterocycles. The van der Waals surface area contributed by atoms with Crippen LogP contribution >= 0.6 is 23.2 Å². The summed E-state index contributed by atoms with van der Waals surface area (Å²) in [7, 11) is -4.33. The molecule has 232 valence electrons. The molecule has 2 amide bonds. The van der Waals surface area contributed by atoms with Gasteiger partial charge in [0.2, 0.25) is 21.8 Å². The van der Waals surface area contributed by atoms with E-state index >= 15 is 0 Å². The molecule has 0 aliphatic heterocycles. The van der Waals surface area contributed by atoms with E-state index in [2.05, 4.69) is 5.32 Å². The highest BCUT2D eigenvalue weighted by Gasteiger charge is 2.36. The third-order valence-electron chi connectivity index (χ3n) is 6.74. The van der Waals surface area contributed by atoms with Crippen LogP contribution in [-0.4, -0.2) is 50.0 Å². The summed E-state index contributed by atoms with van der Waals surface area (Å²) in [5.74, 6) is -1.31. The number of benzene rings is 3. The zero-order valence-electron chi connectivity index (χ0n) is 23.7. The zero-order valence-corrected chi connectivity index (χ0v) is 26.1. The molecule has 0 unspecified atom stereocenters. The van der Waals surface area contributed by atoms with Crippen LogP contribution in [0.25, 0.3) is 0 Å². The van der Waals surface area contributed by atoms with Gasteiger partial charge in [-0.1, -0.05) is 72.6 Å². The Morgan fingerprint density at radius 1 is 0.953 bits per heavy atom. The van der Waals surface area contributed by atoms with Gasteiger partial charge >= 0.3 is 6.18 Å². The standard InChI is InChI=1S/C30H32Cl2F3N3O4S/c1-4-20(2)36-29(40)27(16-21-9-6-5-7-10-21)37(18-22-11-8-12-24(31)15-22)28(39)19-38(43(3,41)42)26-17-23(30(33,34)35)13-14-25(26)32/h5-15,17,20,27H,4,16,18-19H2,1-3H3,(H,36,40)/t20-,27-/m1/s1. The topological polar surface area (TPSA) is 86.8 Å². The van der Waals surface area contributed by atoms with E-state index in [4.69, 9.17) is 23.2 Å². The van der Waals surface area contributed by atoms with E-state index in [0.29, 0.717) is 33.4 Å². The van der Waals surface area contributed by atoms with Gasteiger partial charge in [-0.05, 0) is 54.8 Å². The molecule has 3 aromatic carbocycles. The van der Waals surface area contributed by atoms with E-state index < -0.39 is 51.9 Å². The molecule has 0 spiro atoms. The van der Waals surface area contributed by atoms with Gasteiger partial charge in [-0.25, -0.2) is 8.42 Å². The summed E-state index contributed by atoms with van der Waals surface area (Å²) in [6.45, 7) is 2.64. The normalized spacial score (nSPS) is 13.2. The van der Waals surface area contributed by atoms with Crippen molar-refractivity contribution in [2.24, 2.45) is 0 Å². The van der Waals surface area contributed by atoms with Crippen molar-refractivity contribution in [2.45, 2.75) is 51.5 Å². The molecule has 43 heavy (non-hydrogen) atoms. The Morgan fingerprint density at radius 2 is 1.60 bits per heavy atom. The van der Waals surface area contributed by atoms with E-state index in [1.165, 1.54) is 4.90 Å². The number of anilines is 1. The molecule has 0 aromatic heterocycles. The molecule has 3 rings (SSSR count). The van der Waals surface area contributed by atoms with Gasteiger partial charge < -0.3 is 10.2 Å². The van der Waals surface area contributed by atoms with Gasteiger partial charge in [0.1, 0.15) is 12.6 Å². The lowest BCUT2D eigenvalue weighted by Gasteiger charge is -2.34. The Bertz CT molecular complexity index is 1540. The first-order valence-corrected chi connectivity index (χ1v) is 15.9. The van der Waals surface area contributed by atoms with Crippen LogP contribution in [0.3, 0.4) is 0 Å². The number of rotatable bonds is 12. The van der Waals surface area contributed by atoms with Crippen LogP contribution < -0.4 is 9.62 Å². The molecule has 7 nitrogen and oxygen atoms in total. The number of carbonyl (C=O) groups is 2. The van der Waals surface area contributed by atoms with Crippen molar-refractivity contribution in [3.05, 3.63) is 99.5 Å². The molecule has 1 N–H and O–H groups in total. The van der Waals surface area contributed by atoms with Crippen LogP contribution in [0.4, 0.5) is 18.9 Å². The fourth-order valence-electron chi connectivity index (χ4n) is 4.30. The minimum Gasteiger partial charge on any atom is -0.352 e. The molecule has 0 bridgehead atoms. The summed E-state index contributed by atoms with van der Waals surface area (Å²) < 4.78 is 66.9. The van der Waals surface area contributed by atoms with Crippen molar-refractivity contribution in [3.8, 4) is 0 Å². The minimum absolute atomic E-state index is 0.0819. The number of hydrogen-bond donors (Lipinski definition) is 1. The van der Waals surface area contributed by atoms with Gasteiger partial charge in [-0.2, -0.15) is 13.2 Å². The minimum atomic E-state index is -4.79. The lowest BCUT2D eigenvalue weighted by molar-refractivity contribution is -0.140. The third kappa shape index (κ3) is 9.61. The van der Waals surface area contributed by atoms with E-state index in [1.807, 2.05) is 13.8 Å². The number of sulfonamides is 1. The van der Waals surface area contributed by atoms with Crippen LogP contribution in [0.1, 0.15) is 37.0 Å². The number of amides is 2. The van der Waals surface area contributed by atoms with Gasteiger partial charge in [0.15, 0.2) is 0 Å². The second-order valence-electron chi connectivity index (χ2n) is 10.1. The summed E-state index contributed by atoms with van der Waals surface area (Å²) in [6.07, 6.45) is -3.34.